The van der Waals surface area contributed by atoms with Gasteiger partial charge in [-0.05, 0) is 26.0 Å². The van der Waals surface area contributed by atoms with Crippen molar-refractivity contribution in [2.24, 2.45) is 0 Å². The number of aromatic carboxylic acids is 1. The summed E-state index contributed by atoms with van der Waals surface area (Å²) in [5.41, 5.74) is 0.114. The topological polar surface area (TPSA) is 71.9 Å². The molecule has 1 rings (SSSR count). The molecule has 0 aromatic carbocycles. The number of nitrogens with zero attached hydrogens (tertiary/aromatic N) is 2. The Morgan fingerprint density at radius 3 is 2.29 bits per heavy atom. The number of anilines is 1. The van der Waals surface area contributed by atoms with Crippen LogP contribution < -0.4 is 4.90 Å². The molecule has 0 spiro atoms. The Balaban J connectivity index is 2.86. The molecule has 7 heteroatoms. The van der Waals surface area contributed by atoms with Crippen molar-refractivity contribution in [2.45, 2.75) is 13.8 Å². The second-order valence-corrected chi connectivity index (χ2v) is 4.61. The van der Waals surface area contributed by atoms with E-state index >= 15 is 0 Å². The fraction of sp³-hybridized carbons (Fsp3) is 0.571. The highest BCUT2D eigenvalue weighted by molar-refractivity contribution is 6.29. The van der Waals surface area contributed by atoms with Crippen molar-refractivity contribution >= 4 is 23.4 Å². The summed E-state index contributed by atoms with van der Waals surface area (Å²) in [6, 6.07) is 2.84. The summed E-state index contributed by atoms with van der Waals surface area (Å²) in [7, 11) is 0. The highest BCUT2D eigenvalue weighted by Crippen LogP contribution is 2.18. The van der Waals surface area contributed by atoms with Crippen LogP contribution in [0.1, 0.15) is 24.2 Å². The molecule has 0 unspecified atom stereocenters. The Bertz CT molecular complexity index is 447. The van der Waals surface area contributed by atoms with Gasteiger partial charge in [-0.3, -0.25) is 0 Å². The van der Waals surface area contributed by atoms with E-state index in [2.05, 4.69) is 4.98 Å². The molecular formula is C14H21ClN2O4. The van der Waals surface area contributed by atoms with E-state index in [9.17, 15) is 4.79 Å². The van der Waals surface area contributed by atoms with Gasteiger partial charge in [0.15, 0.2) is 0 Å². The van der Waals surface area contributed by atoms with Gasteiger partial charge in [0.2, 0.25) is 0 Å². The van der Waals surface area contributed by atoms with Gasteiger partial charge >= 0.3 is 5.97 Å². The molecular weight excluding hydrogens is 296 g/mol. The molecule has 0 aliphatic rings. The Hall–Kier alpha value is -1.37. The van der Waals surface area contributed by atoms with Gasteiger partial charge in [0.1, 0.15) is 11.0 Å². The number of carbonyl (C=O) groups is 1. The molecule has 21 heavy (non-hydrogen) atoms. The van der Waals surface area contributed by atoms with Crippen LogP contribution in [-0.2, 0) is 9.47 Å². The second-order valence-electron chi connectivity index (χ2n) is 4.22. The van der Waals surface area contributed by atoms with Gasteiger partial charge < -0.3 is 19.5 Å². The lowest BCUT2D eigenvalue weighted by molar-refractivity contribution is 0.0697. The van der Waals surface area contributed by atoms with Gasteiger partial charge in [-0.2, -0.15) is 0 Å². The van der Waals surface area contributed by atoms with Crippen molar-refractivity contribution in [3.8, 4) is 0 Å². The maximum absolute atomic E-state index is 11.1. The Kier molecular flexibility index (Phi) is 8.04. The summed E-state index contributed by atoms with van der Waals surface area (Å²) < 4.78 is 10.7. The van der Waals surface area contributed by atoms with Gasteiger partial charge in [-0.1, -0.05) is 11.6 Å². The predicted octanol–water partition coefficient (Wildman–Crippen LogP) is 2.31. The number of carboxylic acid groups (broad SMARTS) is 1. The first kappa shape index (κ1) is 17.7. The molecule has 1 heterocycles. The van der Waals surface area contributed by atoms with Crippen LogP contribution in [0.25, 0.3) is 0 Å². The third-order valence-corrected chi connectivity index (χ3v) is 2.96. The Morgan fingerprint density at radius 1 is 1.24 bits per heavy atom. The van der Waals surface area contributed by atoms with Crippen molar-refractivity contribution in [1.29, 1.82) is 0 Å². The lowest BCUT2D eigenvalue weighted by Gasteiger charge is -2.24. The van der Waals surface area contributed by atoms with E-state index < -0.39 is 5.97 Å². The smallest absolute Gasteiger partial charge is 0.335 e. The molecule has 6 nitrogen and oxygen atoms in total. The van der Waals surface area contributed by atoms with Crippen LogP contribution in [0.5, 0.6) is 0 Å². The molecule has 0 aliphatic carbocycles. The standard InChI is InChI=1S/C14H21ClN2O4/c1-3-20-7-5-17(6-8-21-4-2)13-10-11(14(18)19)9-12(15)16-13/h9-10H,3-8H2,1-2H3,(H,18,19). The van der Waals surface area contributed by atoms with E-state index in [0.717, 1.165) is 0 Å². The minimum Gasteiger partial charge on any atom is -0.478 e. The van der Waals surface area contributed by atoms with Gasteiger partial charge in [0, 0.05) is 26.3 Å². The summed E-state index contributed by atoms with van der Waals surface area (Å²) in [5, 5.41) is 9.24. The molecule has 0 radical (unpaired) electrons. The van der Waals surface area contributed by atoms with Crippen molar-refractivity contribution in [3.05, 3.63) is 22.8 Å². The quantitative estimate of drug-likeness (QED) is 0.527. The third-order valence-electron chi connectivity index (χ3n) is 2.77. The number of pyridine rings is 1. The van der Waals surface area contributed by atoms with Crippen LogP contribution >= 0.6 is 11.6 Å². The van der Waals surface area contributed by atoms with Crippen molar-refractivity contribution in [2.75, 3.05) is 44.4 Å². The molecule has 118 valence electrons. The molecule has 1 N–H and O–H groups in total. The summed E-state index contributed by atoms with van der Waals surface area (Å²) in [4.78, 5) is 17.2. The average Bonchev–Trinajstić information content (AvgIpc) is 2.45. The highest BCUT2D eigenvalue weighted by Gasteiger charge is 2.13. The van der Waals surface area contributed by atoms with Gasteiger partial charge in [0.25, 0.3) is 0 Å². The predicted molar refractivity (Wildman–Crippen MR) is 81.4 cm³/mol. The molecule has 0 aliphatic heterocycles. The minimum absolute atomic E-state index is 0.114. The summed E-state index contributed by atoms with van der Waals surface area (Å²) in [5.74, 6) is -0.519. The first-order valence-electron chi connectivity index (χ1n) is 6.89. The maximum Gasteiger partial charge on any atom is 0.335 e. The lowest BCUT2D eigenvalue weighted by atomic mass is 10.2. The Morgan fingerprint density at radius 2 is 1.81 bits per heavy atom. The van der Waals surface area contributed by atoms with Gasteiger partial charge in [-0.25, -0.2) is 9.78 Å². The van der Waals surface area contributed by atoms with E-state index in [-0.39, 0.29) is 10.7 Å². The summed E-state index contributed by atoms with van der Waals surface area (Å²) in [6.07, 6.45) is 0. The van der Waals surface area contributed by atoms with Crippen LogP contribution in [0.15, 0.2) is 12.1 Å². The van der Waals surface area contributed by atoms with E-state index in [1.165, 1.54) is 12.1 Å². The first-order valence-corrected chi connectivity index (χ1v) is 7.27. The van der Waals surface area contributed by atoms with Crippen LogP contribution in [0, 0.1) is 0 Å². The van der Waals surface area contributed by atoms with Crippen LogP contribution in [-0.4, -0.2) is 55.6 Å². The monoisotopic (exact) mass is 316 g/mol. The first-order chi connectivity index (χ1) is 10.1. The summed E-state index contributed by atoms with van der Waals surface area (Å²) in [6.45, 7) is 7.33. The molecule has 1 aromatic heterocycles. The third kappa shape index (κ3) is 6.29. The number of ether oxygens (including phenoxy) is 2. The minimum atomic E-state index is -1.03. The van der Waals surface area contributed by atoms with Crippen molar-refractivity contribution < 1.29 is 19.4 Å². The van der Waals surface area contributed by atoms with E-state index in [4.69, 9.17) is 26.2 Å². The van der Waals surface area contributed by atoms with Crippen LogP contribution in [0.3, 0.4) is 0 Å². The van der Waals surface area contributed by atoms with E-state index in [1.54, 1.807) is 0 Å². The summed E-state index contributed by atoms with van der Waals surface area (Å²) >= 11 is 5.90. The van der Waals surface area contributed by atoms with Gasteiger partial charge in [-0.15, -0.1) is 0 Å². The number of aromatic nitrogens is 1. The zero-order chi connectivity index (χ0) is 15.7. The normalized spacial score (nSPS) is 10.6. The second kappa shape index (κ2) is 9.55. The zero-order valence-corrected chi connectivity index (χ0v) is 13.1. The van der Waals surface area contributed by atoms with Crippen LogP contribution in [0.4, 0.5) is 5.82 Å². The Labute approximate surface area is 129 Å². The zero-order valence-electron chi connectivity index (χ0n) is 12.3. The van der Waals surface area contributed by atoms with Crippen molar-refractivity contribution in [1.82, 2.24) is 4.98 Å². The lowest BCUT2D eigenvalue weighted by Crippen LogP contribution is -2.32. The van der Waals surface area contributed by atoms with Gasteiger partial charge in [0.05, 0.1) is 18.8 Å². The number of rotatable bonds is 10. The fourth-order valence-corrected chi connectivity index (χ4v) is 1.95. The number of halogens is 1. The highest BCUT2D eigenvalue weighted by atomic mass is 35.5. The largest absolute Gasteiger partial charge is 0.478 e. The van der Waals surface area contributed by atoms with E-state index in [0.29, 0.717) is 45.3 Å². The molecule has 0 amide bonds. The molecule has 1 aromatic rings. The molecule has 0 bridgehead atoms. The average molecular weight is 317 g/mol. The number of hydrogen-bond acceptors (Lipinski definition) is 5. The number of hydrogen-bond donors (Lipinski definition) is 1. The van der Waals surface area contributed by atoms with E-state index in [1.807, 2.05) is 18.7 Å². The molecule has 0 saturated carbocycles. The SMILES string of the molecule is CCOCCN(CCOCC)c1cc(C(=O)O)cc(Cl)n1. The maximum atomic E-state index is 11.1. The molecule has 0 saturated heterocycles. The molecule has 0 fully saturated rings. The van der Waals surface area contributed by atoms with Crippen LogP contribution in [0.2, 0.25) is 5.15 Å². The fourth-order valence-electron chi connectivity index (χ4n) is 1.75. The number of carboxylic acids is 1. The molecule has 0 atom stereocenters. The van der Waals surface area contributed by atoms with Crippen molar-refractivity contribution in [3.63, 3.8) is 0 Å².